The maximum absolute atomic E-state index is 10.9. The minimum atomic E-state index is 0.503. The lowest BCUT2D eigenvalue weighted by molar-refractivity contribution is 0.112. The third-order valence-corrected chi connectivity index (χ3v) is 3.33. The summed E-state index contributed by atoms with van der Waals surface area (Å²) in [5, 5.41) is 0. The van der Waals surface area contributed by atoms with Crippen LogP contribution in [0.4, 0.5) is 0 Å². The average Bonchev–Trinajstić information content (AvgIpc) is 2.95. The van der Waals surface area contributed by atoms with Crippen LogP contribution in [0.15, 0.2) is 18.6 Å². The Morgan fingerprint density at radius 3 is 2.94 bits per heavy atom. The van der Waals surface area contributed by atoms with Gasteiger partial charge in [-0.3, -0.25) is 14.2 Å². The summed E-state index contributed by atoms with van der Waals surface area (Å²) in [5.74, 6) is 1.53. The maximum Gasteiger partial charge on any atom is 0.170 e. The van der Waals surface area contributed by atoms with E-state index in [1.54, 1.807) is 12.4 Å². The summed E-state index contributed by atoms with van der Waals surface area (Å²) in [5.41, 5.74) is 1.33. The molecule has 1 aliphatic rings. The molecule has 1 fully saturated rings. The minimum Gasteiger partial charge on any atom is -0.300 e. The second-order valence-electron chi connectivity index (χ2n) is 4.29. The lowest BCUT2D eigenvalue weighted by Gasteiger charge is -2.06. The van der Waals surface area contributed by atoms with E-state index < -0.39 is 0 Å². The first-order valence-electron chi connectivity index (χ1n) is 5.67. The number of hydrogen-bond acceptors (Lipinski definition) is 3. The normalized spacial score (nSPS) is 17.0. The topological polar surface area (TPSA) is 47.3 Å². The summed E-state index contributed by atoms with van der Waals surface area (Å²) < 4.78 is 2.01. The molecule has 0 unspecified atom stereocenters. The highest BCUT2D eigenvalue weighted by Crippen LogP contribution is 2.33. The summed E-state index contributed by atoms with van der Waals surface area (Å²) in [6, 6.07) is 0. The van der Waals surface area contributed by atoms with Crippen LogP contribution in [0.5, 0.6) is 0 Å². The maximum atomic E-state index is 10.9. The largest absolute Gasteiger partial charge is 0.300 e. The molecule has 0 spiro atoms. The predicted molar refractivity (Wildman–Crippen MR) is 59.6 cm³/mol. The molecule has 1 saturated carbocycles. The molecular formula is C12H13N3O. The van der Waals surface area contributed by atoms with Crippen molar-refractivity contribution in [1.82, 2.24) is 14.4 Å². The first-order chi connectivity index (χ1) is 7.90. The van der Waals surface area contributed by atoms with Gasteiger partial charge < -0.3 is 0 Å². The molecule has 0 amide bonds. The fourth-order valence-electron chi connectivity index (χ4n) is 2.54. The van der Waals surface area contributed by atoms with E-state index in [9.17, 15) is 4.79 Å². The van der Waals surface area contributed by atoms with Crippen LogP contribution >= 0.6 is 0 Å². The molecule has 82 valence electrons. The number of carbonyl (C=O) groups excluding carboxylic acids is 1. The fourth-order valence-corrected chi connectivity index (χ4v) is 2.54. The van der Waals surface area contributed by atoms with E-state index in [1.165, 1.54) is 25.7 Å². The van der Waals surface area contributed by atoms with Crippen molar-refractivity contribution in [3.05, 3.63) is 30.1 Å². The van der Waals surface area contributed by atoms with E-state index in [2.05, 4.69) is 9.97 Å². The van der Waals surface area contributed by atoms with Crippen LogP contribution in [-0.2, 0) is 0 Å². The Hall–Kier alpha value is -1.71. The van der Waals surface area contributed by atoms with Crippen LogP contribution in [-0.4, -0.2) is 20.7 Å². The Kier molecular flexibility index (Phi) is 2.20. The molecule has 2 aromatic heterocycles. The average molecular weight is 215 g/mol. The molecule has 0 bridgehead atoms. The van der Waals surface area contributed by atoms with Crippen LogP contribution in [0.3, 0.4) is 0 Å². The van der Waals surface area contributed by atoms with E-state index >= 15 is 0 Å². The van der Waals surface area contributed by atoms with E-state index in [1.807, 2.05) is 10.6 Å². The first-order valence-corrected chi connectivity index (χ1v) is 5.67. The zero-order valence-corrected chi connectivity index (χ0v) is 8.97. The van der Waals surface area contributed by atoms with Crippen molar-refractivity contribution >= 4 is 11.8 Å². The molecule has 1 aliphatic carbocycles. The third-order valence-electron chi connectivity index (χ3n) is 3.33. The van der Waals surface area contributed by atoms with Crippen LogP contribution in [0.1, 0.15) is 47.9 Å². The molecule has 0 N–H and O–H groups in total. The van der Waals surface area contributed by atoms with E-state index in [0.29, 0.717) is 11.6 Å². The molecular weight excluding hydrogens is 202 g/mol. The van der Waals surface area contributed by atoms with Gasteiger partial charge in [-0.2, -0.15) is 0 Å². The number of imidazole rings is 1. The molecule has 2 aromatic rings. The highest BCUT2D eigenvalue weighted by atomic mass is 16.1. The van der Waals surface area contributed by atoms with Crippen LogP contribution in [0, 0.1) is 0 Å². The SMILES string of the molecule is O=Cc1nc(C2CCCC2)n2ccncc12. The zero-order chi connectivity index (χ0) is 11.0. The first kappa shape index (κ1) is 9.51. The van der Waals surface area contributed by atoms with Crippen molar-refractivity contribution < 1.29 is 4.79 Å². The van der Waals surface area contributed by atoms with Gasteiger partial charge >= 0.3 is 0 Å². The molecule has 0 aliphatic heterocycles. The van der Waals surface area contributed by atoms with Crippen molar-refractivity contribution in [2.24, 2.45) is 0 Å². The van der Waals surface area contributed by atoms with E-state index in [-0.39, 0.29) is 0 Å². The Bertz CT molecular complexity index is 526. The Morgan fingerprint density at radius 1 is 1.38 bits per heavy atom. The number of aromatic nitrogens is 3. The van der Waals surface area contributed by atoms with Gasteiger partial charge in [-0.1, -0.05) is 12.8 Å². The molecule has 0 aromatic carbocycles. The van der Waals surface area contributed by atoms with Gasteiger partial charge in [0.25, 0.3) is 0 Å². The Labute approximate surface area is 93.3 Å². The quantitative estimate of drug-likeness (QED) is 0.721. The van der Waals surface area contributed by atoms with Gasteiger partial charge in [-0.05, 0) is 12.8 Å². The molecule has 4 nitrogen and oxygen atoms in total. The zero-order valence-electron chi connectivity index (χ0n) is 8.97. The number of fused-ring (bicyclic) bond motifs is 1. The molecule has 2 heterocycles. The third kappa shape index (κ3) is 1.33. The fraction of sp³-hybridized carbons (Fsp3) is 0.417. The van der Waals surface area contributed by atoms with Gasteiger partial charge in [0.05, 0.1) is 11.7 Å². The smallest absolute Gasteiger partial charge is 0.170 e. The lowest BCUT2D eigenvalue weighted by atomic mass is 10.1. The van der Waals surface area contributed by atoms with Gasteiger partial charge in [0.15, 0.2) is 6.29 Å². The summed E-state index contributed by atoms with van der Waals surface area (Å²) in [7, 11) is 0. The van der Waals surface area contributed by atoms with Gasteiger partial charge in [0, 0.05) is 18.3 Å². The van der Waals surface area contributed by atoms with Crippen molar-refractivity contribution in [3.63, 3.8) is 0 Å². The van der Waals surface area contributed by atoms with Crippen molar-refractivity contribution in [2.45, 2.75) is 31.6 Å². The van der Waals surface area contributed by atoms with E-state index in [4.69, 9.17) is 0 Å². The second-order valence-corrected chi connectivity index (χ2v) is 4.29. The number of hydrogen-bond donors (Lipinski definition) is 0. The molecule has 0 radical (unpaired) electrons. The predicted octanol–water partition coefficient (Wildman–Crippen LogP) is 2.20. The second kappa shape index (κ2) is 3.70. The van der Waals surface area contributed by atoms with Crippen molar-refractivity contribution in [2.75, 3.05) is 0 Å². The highest BCUT2D eigenvalue weighted by molar-refractivity contribution is 5.83. The van der Waals surface area contributed by atoms with Crippen molar-refractivity contribution in [3.8, 4) is 0 Å². The molecule has 4 heteroatoms. The summed E-state index contributed by atoms with van der Waals surface area (Å²) in [4.78, 5) is 19.4. The van der Waals surface area contributed by atoms with Crippen LogP contribution < -0.4 is 0 Å². The number of nitrogens with zero attached hydrogens (tertiary/aromatic N) is 3. The van der Waals surface area contributed by atoms with Gasteiger partial charge in [0.1, 0.15) is 11.5 Å². The standard InChI is InChI=1S/C12H13N3O/c16-8-10-11-7-13-5-6-15(11)12(14-10)9-3-1-2-4-9/h5-9H,1-4H2. The molecule has 16 heavy (non-hydrogen) atoms. The molecule has 3 rings (SSSR count). The monoisotopic (exact) mass is 215 g/mol. The van der Waals surface area contributed by atoms with E-state index in [0.717, 1.165) is 17.6 Å². The van der Waals surface area contributed by atoms with Gasteiger partial charge in [0.2, 0.25) is 0 Å². The van der Waals surface area contributed by atoms with Gasteiger partial charge in [-0.15, -0.1) is 0 Å². The summed E-state index contributed by atoms with van der Waals surface area (Å²) >= 11 is 0. The summed E-state index contributed by atoms with van der Waals surface area (Å²) in [6.45, 7) is 0. The van der Waals surface area contributed by atoms with Crippen molar-refractivity contribution in [1.29, 1.82) is 0 Å². The number of aldehydes is 1. The Morgan fingerprint density at radius 2 is 2.19 bits per heavy atom. The van der Waals surface area contributed by atoms with Crippen LogP contribution in [0.25, 0.3) is 5.52 Å². The number of carbonyl (C=O) groups is 1. The highest BCUT2D eigenvalue weighted by Gasteiger charge is 2.22. The van der Waals surface area contributed by atoms with Gasteiger partial charge in [-0.25, -0.2) is 4.98 Å². The molecule has 0 saturated heterocycles. The van der Waals surface area contributed by atoms with Crippen LogP contribution in [0.2, 0.25) is 0 Å². The Balaban J connectivity index is 2.20. The minimum absolute atomic E-state index is 0.503. The molecule has 0 atom stereocenters. The number of rotatable bonds is 2. The summed E-state index contributed by atoms with van der Waals surface area (Å²) in [6.07, 6.45) is 11.0. The lowest BCUT2D eigenvalue weighted by Crippen LogP contribution is -1.99.